The summed E-state index contributed by atoms with van der Waals surface area (Å²) in [7, 11) is 1.48. The third-order valence-electron chi connectivity index (χ3n) is 4.27. The van der Waals surface area contributed by atoms with Gasteiger partial charge in [0.05, 0.1) is 17.8 Å². The lowest BCUT2D eigenvalue weighted by Crippen LogP contribution is -2.32. The van der Waals surface area contributed by atoms with E-state index >= 15 is 0 Å². The average molecular weight is 425 g/mol. The number of nitrogens with zero attached hydrogens (tertiary/aromatic N) is 4. The van der Waals surface area contributed by atoms with Crippen molar-refractivity contribution in [1.29, 1.82) is 10.5 Å². The molecular formula is C19H17ClN8O2. The van der Waals surface area contributed by atoms with Crippen LogP contribution in [0.15, 0.2) is 29.8 Å². The average Bonchev–Trinajstić information content (AvgIpc) is 2.72. The molecule has 0 bridgehead atoms. The Hall–Kier alpha value is -4.15. The van der Waals surface area contributed by atoms with Gasteiger partial charge in [0.2, 0.25) is 5.96 Å². The highest BCUT2D eigenvalue weighted by Gasteiger charge is 2.30. The molecule has 6 N–H and O–H groups in total. The first-order valence-electron chi connectivity index (χ1n) is 8.55. The number of benzene rings is 1. The molecule has 0 saturated carbocycles. The number of nitriles is 2. The number of methoxy groups -OCH3 is 1. The Balaban J connectivity index is 2.23. The summed E-state index contributed by atoms with van der Waals surface area (Å²) in [5.41, 5.74) is 13.2. The topological polar surface area (TPSA) is 167 Å². The summed E-state index contributed by atoms with van der Waals surface area (Å²) in [5, 5.41) is 24.0. The zero-order chi connectivity index (χ0) is 21.8. The van der Waals surface area contributed by atoms with Gasteiger partial charge in [0, 0.05) is 5.56 Å². The van der Waals surface area contributed by atoms with Crippen molar-refractivity contribution in [2.45, 2.75) is 6.04 Å². The first kappa shape index (κ1) is 20.6. The molecule has 2 aromatic rings. The van der Waals surface area contributed by atoms with Crippen molar-refractivity contribution in [3.63, 3.8) is 0 Å². The molecule has 1 aromatic carbocycles. The van der Waals surface area contributed by atoms with E-state index in [2.05, 4.69) is 27.2 Å². The quantitative estimate of drug-likeness (QED) is 0.319. The second-order valence-corrected chi connectivity index (χ2v) is 6.44. The minimum atomic E-state index is -0.753. The summed E-state index contributed by atoms with van der Waals surface area (Å²) in [6, 6.07) is 4.52. The van der Waals surface area contributed by atoms with Crippen molar-refractivity contribution in [2.24, 2.45) is 4.99 Å². The van der Waals surface area contributed by atoms with E-state index in [1.807, 2.05) is 6.07 Å². The highest BCUT2D eigenvalue weighted by Crippen LogP contribution is 2.44. The standard InChI is InChI=1S/C19H17ClN8O2/c1-3-4-30-16-11(20)5-9(6-12(16)29-2)15-13-14(23)10(7-21)17(24)27-18(13)28-19(26-15)25-8-22/h3,5-6,15H,1,4H2,2H3,(H6,23,24,25,26,27,28). The van der Waals surface area contributed by atoms with E-state index in [9.17, 15) is 5.26 Å². The normalized spacial score (nSPS) is 14.3. The molecule has 0 amide bonds. The fourth-order valence-corrected chi connectivity index (χ4v) is 3.28. The van der Waals surface area contributed by atoms with Gasteiger partial charge in [0.1, 0.15) is 35.9 Å². The van der Waals surface area contributed by atoms with Crippen molar-refractivity contribution >= 4 is 34.9 Å². The van der Waals surface area contributed by atoms with E-state index in [1.54, 1.807) is 24.4 Å². The first-order valence-corrected chi connectivity index (χ1v) is 8.92. The summed E-state index contributed by atoms with van der Waals surface area (Å²) in [6.45, 7) is 3.85. The molecule has 0 radical (unpaired) electrons. The molecule has 0 saturated heterocycles. The summed E-state index contributed by atoms with van der Waals surface area (Å²) in [4.78, 5) is 8.70. The summed E-state index contributed by atoms with van der Waals surface area (Å²) >= 11 is 6.43. The number of aromatic nitrogens is 1. The highest BCUT2D eigenvalue weighted by atomic mass is 35.5. The van der Waals surface area contributed by atoms with Crippen molar-refractivity contribution in [3.05, 3.63) is 46.5 Å². The van der Waals surface area contributed by atoms with E-state index in [0.29, 0.717) is 22.6 Å². The Bertz CT molecular complexity index is 1130. The third kappa shape index (κ3) is 3.60. The Morgan fingerprint density at radius 1 is 1.40 bits per heavy atom. The Kier molecular flexibility index (Phi) is 5.81. The lowest BCUT2D eigenvalue weighted by atomic mass is 9.95. The van der Waals surface area contributed by atoms with Crippen LogP contribution in [0.3, 0.4) is 0 Å². The minimum Gasteiger partial charge on any atom is -0.493 e. The molecule has 0 aliphatic carbocycles. The number of guanidine groups is 1. The Morgan fingerprint density at radius 3 is 2.80 bits per heavy atom. The minimum absolute atomic E-state index is 0.0384. The van der Waals surface area contributed by atoms with Gasteiger partial charge in [-0.15, -0.1) is 0 Å². The maximum atomic E-state index is 9.41. The van der Waals surface area contributed by atoms with Gasteiger partial charge in [-0.05, 0) is 17.7 Å². The monoisotopic (exact) mass is 424 g/mol. The molecule has 3 rings (SSSR count). The highest BCUT2D eigenvalue weighted by molar-refractivity contribution is 6.32. The van der Waals surface area contributed by atoms with Crippen LogP contribution >= 0.6 is 11.6 Å². The van der Waals surface area contributed by atoms with Crippen LogP contribution in [0.4, 0.5) is 17.3 Å². The molecule has 152 valence electrons. The van der Waals surface area contributed by atoms with Crippen molar-refractivity contribution in [1.82, 2.24) is 10.3 Å². The maximum absolute atomic E-state index is 9.41. The zero-order valence-electron chi connectivity index (χ0n) is 15.9. The van der Waals surface area contributed by atoms with E-state index in [4.69, 9.17) is 37.8 Å². The summed E-state index contributed by atoms with van der Waals surface area (Å²) in [5.74, 6) is 1.07. The summed E-state index contributed by atoms with van der Waals surface area (Å²) in [6.07, 6.45) is 3.37. The molecule has 1 aliphatic heterocycles. The largest absolute Gasteiger partial charge is 0.493 e. The number of aliphatic imine (C=N–C) groups is 1. The van der Waals surface area contributed by atoms with Gasteiger partial charge in [-0.3, -0.25) is 5.32 Å². The molecule has 1 atom stereocenters. The lowest BCUT2D eigenvalue weighted by Gasteiger charge is -2.26. The molecule has 1 aromatic heterocycles. The number of anilines is 3. The number of nitrogens with one attached hydrogen (secondary N) is 2. The van der Waals surface area contributed by atoms with Crippen molar-refractivity contribution < 1.29 is 9.47 Å². The lowest BCUT2D eigenvalue weighted by molar-refractivity contribution is 0.326. The number of nitrogens with two attached hydrogens (primary N) is 2. The number of fused-ring (bicyclic) bond motifs is 1. The molecule has 11 heteroatoms. The second-order valence-electron chi connectivity index (χ2n) is 6.04. The number of hydrogen-bond acceptors (Lipinski definition) is 10. The first-order chi connectivity index (χ1) is 14.4. The van der Waals surface area contributed by atoms with Crippen LogP contribution in [0.5, 0.6) is 11.5 Å². The van der Waals surface area contributed by atoms with Crippen LogP contribution in [0, 0.1) is 22.8 Å². The molecule has 2 heterocycles. The SMILES string of the molecule is C=CCOc1c(Cl)cc(C2N=C(NC#N)Nc3nc(N)c(C#N)c(N)c32)cc1OC. The Labute approximate surface area is 177 Å². The van der Waals surface area contributed by atoms with E-state index in [0.717, 1.165) is 0 Å². The van der Waals surface area contributed by atoms with Crippen LogP contribution in [-0.2, 0) is 0 Å². The number of rotatable bonds is 5. The van der Waals surface area contributed by atoms with Gasteiger partial charge in [-0.2, -0.15) is 10.5 Å². The summed E-state index contributed by atoms with van der Waals surface area (Å²) < 4.78 is 11.0. The molecule has 1 aliphatic rings. The molecule has 0 spiro atoms. The smallest absolute Gasteiger partial charge is 0.211 e. The molecule has 1 unspecified atom stereocenters. The van der Waals surface area contributed by atoms with Gasteiger partial charge in [0.25, 0.3) is 0 Å². The van der Waals surface area contributed by atoms with Crippen LogP contribution in [0.1, 0.15) is 22.7 Å². The van der Waals surface area contributed by atoms with Gasteiger partial charge in [-0.25, -0.2) is 9.98 Å². The van der Waals surface area contributed by atoms with E-state index < -0.39 is 6.04 Å². The van der Waals surface area contributed by atoms with E-state index in [1.165, 1.54) is 7.11 Å². The fourth-order valence-electron chi connectivity index (χ4n) is 3.00. The van der Waals surface area contributed by atoms with Crippen LogP contribution in [-0.4, -0.2) is 24.7 Å². The predicted octanol–water partition coefficient (Wildman–Crippen LogP) is 2.29. The van der Waals surface area contributed by atoms with Crippen LogP contribution in [0.25, 0.3) is 0 Å². The Morgan fingerprint density at radius 2 is 2.17 bits per heavy atom. The zero-order valence-corrected chi connectivity index (χ0v) is 16.6. The third-order valence-corrected chi connectivity index (χ3v) is 4.55. The fraction of sp³-hybridized carbons (Fsp3) is 0.158. The number of ether oxygens (including phenoxy) is 2. The maximum Gasteiger partial charge on any atom is 0.211 e. The molecule has 0 fully saturated rings. The van der Waals surface area contributed by atoms with Gasteiger partial charge >= 0.3 is 0 Å². The van der Waals surface area contributed by atoms with Gasteiger partial charge in [0.15, 0.2) is 17.7 Å². The number of nitrogen functional groups attached to an aromatic ring is 2. The number of pyridine rings is 1. The second kappa shape index (κ2) is 8.47. The van der Waals surface area contributed by atoms with E-state index in [-0.39, 0.29) is 40.5 Å². The molecule has 10 nitrogen and oxygen atoms in total. The number of halogens is 1. The van der Waals surface area contributed by atoms with Gasteiger partial charge < -0.3 is 26.3 Å². The van der Waals surface area contributed by atoms with Gasteiger partial charge in [-0.1, -0.05) is 24.3 Å². The van der Waals surface area contributed by atoms with Crippen LogP contribution < -0.4 is 31.6 Å². The predicted molar refractivity (Wildman–Crippen MR) is 113 cm³/mol. The molecule has 30 heavy (non-hydrogen) atoms. The van der Waals surface area contributed by atoms with Crippen LogP contribution in [0.2, 0.25) is 5.02 Å². The van der Waals surface area contributed by atoms with Crippen molar-refractivity contribution in [3.8, 4) is 23.8 Å². The molecular weight excluding hydrogens is 408 g/mol. The van der Waals surface area contributed by atoms with Crippen molar-refractivity contribution in [2.75, 3.05) is 30.5 Å². The number of hydrogen-bond donors (Lipinski definition) is 4.